The fourth-order valence-corrected chi connectivity index (χ4v) is 1.74. The Balaban J connectivity index is 0. The molecule has 7 nitrogen and oxygen atoms in total. The van der Waals surface area contributed by atoms with Crippen molar-refractivity contribution in [2.45, 2.75) is 71.6 Å². The van der Waals surface area contributed by atoms with Crippen LogP contribution < -0.4 is 0 Å². The minimum Gasteiger partial charge on any atom is -0.507 e. The average molecular weight is 384 g/mol. The van der Waals surface area contributed by atoms with E-state index in [2.05, 4.69) is 13.8 Å². The minimum absolute atomic E-state index is 0.0671. The molecule has 0 unspecified atom stereocenters. The highest BCUT2D eigenvalue weighted by atomic mass is 16.4. The molecule has 1 aromatic rings. The number of unbranched alkanes of at least 4 members (excludes halogenated alkanes) is 5. The van der Waals surface area contributed by atoms with Gasteiger partial charge in [-0.2, -0.15) is 0 Å². The summed E-state index contributed by atoms with van der Waals surface area (Å²) in [7, 11) is 0. The van der Waals surface area contributed by atoms with Gasteiger partial charge >= 0.3 is 17.9 Å². The van der Waals surface area contributed by atoms with Crippen LogP contribution in [-0.2, 0) is 9.59 Å². The lowest BCUT2D eigenvalue weighted by Gasteiger charge is -1.97. The lowest BCUT2D eigenvalue weighted by atomic mass is 10.1. The van der Waals surface area contributed by atoms with E-state index in [1.807, 2.05) is 0 Å². The van der Waals surface area contributed by atoms with Crippen LogP contribution in [0.1, 0.15) is 82.0 Å². The minimum atomic E-state index is -1.11. The third kappa shape index (κ3) is 19.6. The van der Waals surface area contributed by atoms with Crippen LogP contribution in [0.25, 0.3) is 0 Å². The maximum Gasteiger partial charge on any atom is 0.339 e. The molecule has 4 N–H and O–H groups in total. The predicted octanol–water partition coefficient (Wildman–Crippen LogP) is 4.78. The van der Waals surface area contributed by atoms with Crippen molar-refractivity contribution in [3.8, 4) is 5.75 Å². The summed E-state index contributed by atoms with van der Waals surface area (Å²) in [4.78, 5) is 30.5. The summed E-state index contributed by atoms with van der Waals surface area (Å²) in [5.74, 6) is -2.83. The molecule has 0 aliphatic heterocycles. The molecule has 0 atom stereocenters. The van der Waals surface area contributed by atoms with Gasteiger partial charge in [-0.1, -0.05) is 58.1 Å². The van der Waals surface area contributed by atoms with E-state index in [-0.39, 0.29) is 24.2 Å². The number of aromatic carboxylic acids is 1. The van der Waals surface area contributed by atoms with E-state index in [9.17, 15) is 14.4 Å². The van der Waals surface area contributed by atoms with Gasteiger partial charge in [0.25, 0.3) is 0 Å². The molecule has 0 bridgehead atoms. The standard InChI is InChI=1S/C9H16O4.C7H6O3.C4H10/c10-8(11)6-4-2-1-3-5-7-9(12)13;8-6-4-2-1-3-5(6)7(9)10;1-3-4-2/h1-7H2,(H,10,11)(H,12,13);1-4,8H,(H,9,10);3-4H2,1-2H3. The smallest absolute Gasteiger partial charge is 0.339 e. The Morgan fingerprint density at radius 2 is 1.15 bits per heavy atom. The van der Waals surface area contributed by atoms with Crippen LogP contribution in [0.3, 0.4) is 0 Å². The van der Waals surface area contributed by atoms with Gasteiger partial charge in [-0.3, -0.25) is 9.59 Å². The Kier molecular flexibility index (Phi) is 18.0. The first kappa shape index (κ1) is 26.7. The molecule has 0 aromatic heterocycles. The zero-order valence-corrected chi connectivity index (χ0v) is 16.2. The summed E-state index contributed by atoms with van der Waals surface area (Å²) >= 11 is 0. The van der Waals surface area contributed by atoms with E-state index in [1.54, 1.807) is 12.1 Å². The average Bonchev–Trinajstić information content (AvgIpc) is 2.61. The molecule has 0 spiro atoms. The fraction of sp³-hybridized carbons (Fsp3) is 0.550. The molecule has 1 rings (SSSR count). The SMILES string of the molecule is CCCC.O=C(O)CCCCCCCC(=O)O.O=C(O)c1ccccc1O. The van der Waals surface area contributed by atoms with Gasteiger partial charge in [0, 0.05) is 12.8 Å². The fourth-order valence-electron chi connectivity index (χ4n) is 1.74. The molecular formula is C20H32O7. The molecule has 0 aliphatic carbocycles. The van der Waals surface area contributed by atoms with Crippen LogP contribution in [0.2, 0.25) is 0 Å². The first-order valence-electron chi connectivity index (χ1n) is 9.21. The molecule has 0 heterocycles. The van der Waals surface area contributed by atoms with Crippen LogP contribution >= 0.6 is 0 Å². The van der Waals surface area contributed by atoms with Gasteiger partial charge in [0.2, 0.25) is 0 Å². The van der Waals surface area contributed by atoms with Crippen molar-refractivity contribution in [1.29, 1.82) is 0 Å². The molecule has 27 heavy (non-hydrogen) atoms. The largest absolute Gasteiger partial charge is 0.507 e. The summed E-state index contributed by atoms with van der Waals surface area (Å²) < 4.78 is 0. The molecule has 0 fully saturated rings. The highest BCUT2D eigenvalue weighted by Crippen LogP contribution is 2.14. The molecule has 154 valence electrons. The number of hydrogen-bond acceptors (Lipinski definition) is 4. The van der Waals surface area contributed by atoms with E-state index in [4.69, 9.17) is 20.4 Å². The number of hydrogen-bond donors (Lipinski definition) is 4. The van der Waals surface area contributed by atoms with Gasteiger partial charge < -0.3 is 20.4 Å². The summed E-state index contributed by atoms with van der Waals surface area (Å²) in [6.07, 6.45) is 7.17. The van der Waals surface area contributed by atoms with Gasteiger partial charge in [-0.05, 0) is 25.0 Å². The summed E-state index contributed by atoms with van der Waals surface area (Å²) in [5.41, 5.74) is -0.0671. The van der Waals surface area contributed by atoms with Crippen LogP contribution in [-0.4, -0.2) is 38.3 Å². The quantitative estimate of drug-likeness (QED) is 0.427. The third-order valence-electron chi connectivity index (χ3n) is 3.42. The topological polar surface area (TPSA) is 132 Å². The zero-order valence-electron chi connectivity index (χ0n) is 16.2. The Labute approximate surface area is 160 Å². The van der Waals surface area contributed by atoms with Crippen LogP contribution in [0.5, 0.6) is 5.75 Å². The van der Waals surface area contributed by atoms with E-state index < -0.39 is 17.9 Å². The lowest BCUT2D eigenvalue weighted by Crippen LogP contribution is -1.95. The van der Waals surface area contributed by atoms with Crippen molar-refractivity contribution in [1.82, 2.24) is 0 Å². The van der Waals surface area contributed by atoms with E-state index in [0.717, 1.165) is 19.3 Å². The van der Waals surface area contributed by atoms with Gasteiger partial charge in [-0.25, -0.2) is 4.79 Å². The molecule has 7 heteroatoms. The zero-order chi connectivity index (χ0) is 21.1. The maximum absolute atomic E-state index is 10.3. The first-order chi connectivity index (χ1) is 12.8. The van der Waals surface area contributed by atoms with Gasteiger partial charge in [-0.15, -0.1) is 0 Å². The van der Waals surface area contributed by atoms with Gasteiger partial charge in [0.05, 0.1) is 0 Å². The maximum atomic E-state index is 10.3. The molecule has 1 aromatic carbocycles. The monoisotopic (exact) mass is 384 g/mol. The van der Waals surface area contributed by atoms with Crippen molar-refractivity contribution in [2.75, 3.05) is 0 Å². The number of carboxylic acid groups (broad SMARTS) is 3. The molecule has 0 amide bonds. The van der Waals surface area contributed by atoms with Crippen molar-refractivity contribution in [3.63, 3.8) is 0 Å². The lowest BCUT2D eigenvalue weighted by molar-refractivity contribution is -0.138. The summed E-state index contributed by atoms with van der Waals surface area (Å²) in [6, 6.07) is 5.81. The van der Waals surface area contributed by atoms with Crippen molar-refractivity contribution in [2.24, 2.45) is 0 Å². The highest BCUT2D eigenvalue weighted by Gasteiger charge is 2.05. The van der Waals surface area contributed by atoms with Crippen molar-refractivity contribution in [3.05, 3.63) is 29.8 Å². The summed E-state index contributed by atoms with van der Waals surface area (Å²) in [5, 5.41) is 33.9. The number of carboxylic acids is 3. The second-order valence-electron chi connectivity index (χ2n) is 5.88. The van der Waals surface area contributed by atoms with E-state index >= 15 is 0 Å². The Morgan fingerprint density at radius 3 is 1.44 bits per heavy atom. The Morgan fingerprint density at radius 1 is 0.741 bits per heavy atom. The highest BCUT2D eigenvalue weighted by molar-refractivity contribution is 5.90. The predicted molar refractivity (Wildman–Crippen MR) is 103 cm³/mol. The third-order valence-corrected chi connectivity index (χ3v) is 3.42. The van der Waals surface area contributed by atoms with Gasteiger partial charge in [0.15, 0.2) is 0 Å². The van der Waals surface area contributed by atoms with E-state index in [1.165, 1.54) is 25.0 Å². The normalized spacial score (nSPS) is 9.26. The van der Waals surface area contributed by atoms with Crippen LogP contribution in [0.4, 0.5) is 0 Å². The van der Waals surface area contributed by atoms with Gasteiger partial charge in [0.1, 0.15) is 11.3 Å². The van der Waals surface area contributed by atoms with E-state index in [0.29, 0.717) is 12.8 Å². The first-order valence-corrected chi connectivity index (χ1v) is 9.21. The second kappa shape index (κ2) is 18.2. The number of phenols is 1. The number of carbonyl (C=O) groups is 3. The molecule has 0 saturated carbocycles. The van der Waals surface area contributed by atoms with Crippen LogP contribution in [0, 0.1) is 0 Å². The number of aromatic hydroxyl groups is 1. The number of rotatable bonds is 10. The van der Waals surface area contributed by atoms with Crippen LogP contribution in [0.15, 0.2) is 24.3 Å². The van der Waals surface area contributed by atoms with Crippen molar-refractivity contribution >= 4 is 17.9 Å². The molecule has 0 saturated heterocycles. The Bertz CT molecular complexity index is 521. The molecular weight excluding hydrogens is 352 g/mol. The molecule has 0 aliphatic rings. The number of aliphatic carboxylic acids is 2. The number of para-hydroxylation sites is 1. The number of benzene rings is 1. The second-order valence-corrected chi connectivity index (χ2v) is 5.88. The van der Waals surface area contributed by atoms with Crippen molar-refractivity contribution < 1.29 is 34.8 Å². The Hall–Kier alpha value is -2.57. The molecule has 0 radical (unpaired) electrons. The summed E-state index contributed by atoms with van der Waals surface area (Å²) in [6.45, 7) is 4.36.